The van der Waals surface area contributed by atoms with Gasteiger partial charge < -0.3 is 133 Å². The van der Waals surface area contributed by atoms with E-state index in [1.807, 2.05) is 6.92 Å². The van der Waals surface area contributed by atoms with Gasteiger partial charge in [0.1, 0.15) is 116 Å². The normalized spacial score (nSPS) is 53.3. The maximum Gasteiger partial charge on any atom is 0.302 e. The molecule has 9 fully saturated rings. The predicted molar refractivity (Wildman–Crippen MR) is 296 cm³/mol. The average molecular weight is 1270 g/mol. The molecule has 0 spiro atoms. The largest absolute Gasteiger partial charge is 0.463 e. The van der Waals surface area contributed by atoms with E-state index in [1.165, 1.54) is 26.3 Å². The third-order valence-electron chi connectivity index (χ3n) is 22.2. The molecule has 6 heterocycles. The van der Waals surface area contributed by atoms with Gasteiger partial charge in [0, 0.05) is 26.4 Å². The van der Waals surface area contributed by atoms with Crippen LogP contribution in [0.3, 0.4) is 0 Å². The van der Waals surface area contributed by atoms with Gasteiger partial charge in [0.05, 0.1) is 44.2 Å². The molecule has 0 aromatic heterocycles. The Hall–Kier alpha value is -1.83. The molecule has 6 aliphatic heterocycles. The average Bonchev–Trinajstić information content (AvgIpc) is 1.51. The molecule has 88 heavy (non-hydrogen) atoms. The first kappa shape index (κ1) is 69.0. The number of carbonyl (C=O) groups excluding carboxylic acids is 1. The third-order valence-corrected chi connectivity index (χ3v) is 22.2. The van der Waals surface area contributed by atoms with Crippen molar-refractivity contribution in [1.29, 1.82) is 0 Å². The van der Waals surface area contributed by atoms with Crippen molar-refractivity contribution in [3.63, 3.8) is 0 Å². The lowest BCUT2D eigenvalue weighted by Crippen LogP contribution is -2.67. The first-order valence-corrected chi connectivity index (χ1v) is 31.6. The van der Waals surface area contributed by atoms with Crippen LogP contribution in [0, 0.1) is 46.3 Å². The van der Waals surface area contributed by atoms with Crippen molar-refractivity contribution in [2.75, 3.05) is 33.5 Å². The lowest BCUT2D eigenvalue weighted by molar-refractivity contribution is -0.398. The first-order valence-electron chi connectivity index (χ1n) is 31.6. The topological polar surface area (TPSA) is 420 Å². The Kier molecular flexibility index (Phi) is 21.6. The molecule has 28 nitrogen and oxygen atoms in total. The predicted octanol–water partition coefficient (Wildman–Crippen LogP) is -2.93. The van der Waals surface area contributed by atoms with Crippen LogP contribution in [0.4, 0.5) is 0 Å². The molecule has 14 N–H and O–H groups in total. The molecular weight excluding hydrogens is 1170 g/mol. The molecule has 0 aromatic rings. The van der Waals surface area contributed by atoms with E-state index < -0.39 is 191 Å². The molecule has 0 unspecified atom stereocenters. The molecule has 0 amide bonds. The fourth-order valence-corrected chi connectivity index (χ4v) is 16.9. The summed E-state index contributed by atoms with van der Waals surface area (Å²) in [6, 6.07) is 0. The number of carbonyl (C=O) groups is 1. The number of ether oxygens (including phenoxy) is 13. The van der Waals surface area contributed by atoms with Crippen LogP contribution in [0.5, 0.6) is 0 Å². The highest BCUT2D eigenvalue weighted by molar-refractivity contribution is 5.65. The van der Waals surface area contributed by atoms with Crippen LogP contribution >= 0.6 is 0 Å². The van der Waals surface area contributed by atoms with Crippen molar-refractivity contribution in [2.45, 2.75) is 278 Å². The van der Waals surface area contributed by atoms with E-state index in [0.717, 1.165) is 32.1 Å². The Bertz CT molecular complexity index is 2360. The Labute approximate surface area is 511 Å². The second-order valence-corrected chi connectivity index (χ2v) is 27.4. The fourth-order valence-electron chi connectivity index (χ4n) is 16.9. The van der Waals surface area contributed by atoms with Gasteiger partial charge in [-0.3, -0.25) is 4.79 Å². The van der Waals surface area contributed by atoms with E-state index in [2.05, 4.69) is 26.8 Å². The summed E-state index contributed by atoms with van der Waals surface area (Å²) in [5.74, 6) is -0.191. The second-order valence-electron chi connectivity index (χ2n) is 27.4. The van der Waals surface area contributed by atoms with Gasteiger partial charge in [0.25, 0.3) is 0 Å². The third kappa shape index (κ3) is 12.8. The Balaban J connectivity index is 0.832. The molecule has 4 aliphatic carbocycles. The lowest BCUT2D eigenvalue weighted by atomic mass is 9.47. The summed E-state index contributed by atoms with van der Waals surface area (Å²) in [6.07, 6.45) is -31.0. The second kappa shape index (κ2) is 27.5. The zero-order valence-electron chi connectivity index (χ0n) is 51.3. The van der Waals surface area contributed by atoms with Crippen LogP contribution in [0.2, 0.25) is 0 Å². The van der Waals surface area contributed by atoms with Crippen LogP contribution in [-0.4, -0.2) is 283 Å². The van der Waals surface area contributed by atoms with Crippen molar-refractivity contribution in [2.24, 2.45) is 46.3 Å². The smallest absolute Gasteiger partial charge is 0.302 e. The molecule has 6 saturated heterocycles. The highest BCUT2D eigenvalue weighted by Crippen LogP contribution is 2.70. The van der Waals surface area contributed by atoms with Crippen LogP contribution in [-0.2, 0) is 66.4 Å². The monoisotopic (exact) mass is 1270 g/mol. The van der Waals surface area contributed by atoms with Crippen molar-refractivity contribution in [3.8, 4) is 0 Å². The van der Waals surface area contributed by atoms with Gasteiger partial charge in [-0.2, -0.15) is 0 Å². The molecular formula is C60H98O28. The summed E-state index contributed by atoms with van der Waals surface area (Å²) < 4.78 is 79.7. The van der Waals surface area contributed by atoms with Crippen LogP contribution in [0.25, 0.3) is 0 Å². The van der Waals surface area contributed by atoms with Gasteiger partial charge in [0.2, 0.25) is 0 Å². The van der Waals surface area contributed by atoms with E-state index in [-0.39, 0.29) is 41.3 Å². The summed E-state index contributed by atoms with van der Waals surface area (Å²) in [5, 5.41) is 150. The van der Waals surface area contributed by atoms with Gasteiger partial charge in [-0.25, -0.2) is 0 Å². The first-order chi connectivity index (χ1) is 41.6. The molecule has 0 bridgehead atoms. The van der Waals surface area contributed by atoms with Crippen molar-refractivity contribution >= 4 is 5.97 Å². The number of rotatable bonds is 19. The molecule has 28 heteroatoms. The fraction of sp³-hybridized carbons (Fsp3) is 0.950. The zero-order chi connectivity index (χ0) is 63.8. The van der Waals surface area contributed by atoms with E-state index in [1.54, 1.807) is 7.11 Å². The molecule has 0 radical (unpaired) electrons. The minimum Gasteiger partial charge on any atom is -0.463 e. The molecule has 3 saturated carbocycles. The summed E-state index contributed by atoms with van der Waals surface area (Å²) >= 11 is 0. The van der Waals surface area contributed by atoms with Gasteiger partial charge in [-0.1, -0.05) is 39.3 Å². The SMILES string of the molecule is CO[C@]1(CC[C@H](C)CO[C@H]2O[C@@H](CO)[C@H](O)[C@@H](O)[C@@H]2O)O[C@H]2C[C@H]3[C@@H]4CC=C5C[C@H](O[C@H]6O[C@@H](COC(C)=O)[C@H](O)[C@@H](O[C@H]7O[C@@H](C)[C@H](O[C@H]8O[C@@H](CO)[C@H](O)[C@@H](O)[C@@H]8O)[C@@H](O)[C@@H]7O)[C@@H]6O[C@H]6O[C@@H](C)[C@H](O)[C@@H](O)[C@@H]6O)CC[C@@]5(C)[C@H]4CC[C@@]3(C)[C@H]2[C@@H]1C. The summed E-state index contributed by atoms with van der Waals surface area (Å²) in [7, 11) is 1.70. The van der Waals surface area contributed by atoms with E-state index in [0.29, 0.717) is 43.4 Å². The van der Waals surface area contributed by atoms with Crippen molar-refractivity contribution < 1.29 is 138 Å². The minimum absolute atomic E-state index is 0.0256. The number of fused-ring (bicyclic) bond motifs is 7. The molecule has 506 valence electrons. The molecule has 10 rings (SSSR count). The number of methoxy groups -OCH3 is 1. The highest BCUT2D eigenvalue weighted by atomic mass is 16.8. The zero-order valence-corrected chi connectivity index (χ0v) is 51.3. The van der Waals surface area contributed by atoms with Crippen LogP contribution in [0.1, 0.15) is 106 Å². The lowest BCUT2D eigenvalue weighted by Gasteiger charge is -2.58. The van der Waals surface area contributed by atoms with Crippen LogP contribution < -0.4 is 0 Å². The molecule has 36 atom stereocenters. The number of aliphatic hydroxyl groups excluding tert-OH is 14. The molecule has 0 aromatic carbocycles. The minimum atomic E-state index is -1.99. The quantitative estimate of drug-likeness (QED) is 0.0455. The van der Waals surface area contributed by atoms with Crippen molar-refractivity contribution in [1.82, 2.24) is 0 Å². The highest BCUT2D eigenvalue weighted by Gasteiger charge is 2.69. The van der Waals surface area contributed by atoms with Gasteiger partial charge in [-0.15, -0.1) is 0 Å². The maximum atomic E-state index is 12.3. The van der Waals surface area contributed by atoms with E-state index in [4.69, 9.17) is 61.6 Å². The molecule has 10 aliphatic rings. The number of allylic oxidation sites excluding steroid dienone is 1. The van der Waals surface area contributed by atoms with E-state index in [9.17, 15) is 76.3 Å². The maximum absolute atomic E-state index is 12.3. The number of aliphatic hydroxyl groups is 14. The standard InChI is InChI=1S/C60H98O28/c1-23(21-78-53-46(72)43(69)39(65)34(19-61)82-53)11-16-60(76-8)24(2)37-33(88-60)18-32-30-10-9-28-17-29(12-14-58(28,6)31(30)13-15-59(32,37)7)81-57-52(87-54-47(73)42(68)38(64)25(3)79-54)51(41(67)36(84-57)22-77-27(5)63)86-55-49(75)45(71)50(26(4)80-55)85-56-48(74)44(70)40(66)35(20-62)83-56/h9,23-26,29-57,61-62,64-75H,10-22H2,1-8H3/t23-,24-,25-,26-,29+,30+,31-,32-,33-,34-,35-,36-,37-,38-,39-,40-,41-,42+,43+,44+,45-,46-,47-,48-,49-,50-,51+,52-,53-,54+,55+,56+,57-,58+,59+,60+/m0/s1. The number of esters is 1. The summed E-state index contributed by atoms with van der Waals surface area (Å²) in [5.41, 5.74) is 0.978. The summed E-state index contributed by atoms with van der Waals surface area (Å²) in [6.45, 7) is 11.4. The Morgan fingerprint density at radius 1 is 0.625 bits per heavy atom. The van der Waals surface area contributed by atoms with E-state index >= 15 is 0 Å². The van der Waals surface area contributed by atoms with Gasteiger partial charge in [0.15, 0.2) is 37.2 Å². The number of hydrogen-bond acceptors (Lipinski definition) is 28. The Morgan fingerprint density at radius 2 is 1.19 bits per heavy atom. The van der Waals surface area contributed by atoms with Gasteiger partial charge >= 0.3 is 5.97 Å². The van der Waals surface area contributed by atoms with Gasteiger partial charge in [-0.05, 0) is 106 Å². The Morgan fingerprint density at radius 3 is 1.83 bits per heavy atom. The van der Waals surface area contributed by atoms with Crippen molar-refractivity contribution in [3.05, 3.63) is 11.6 Å². The summed E-state index contributed by atoms with van der Waals surface area (Å²) in [4.78, 5) is 12.3. The number of hydrogen-bond donors (Lipinski definition) is 14. The van der Waals surface area contributed by atoms with Crippen LogP contribution in [0.15, 0.2) is 11.6 Å².